The number of likely N-dealkylation sites (N-methyl/N-ethyl adjacent to an activating group) is 1. The minimum Gasteiger partial charge on any atom is -0.392 e. The third-order valence-electron chi connectivity index (χ3n) is 10.8. The summed E-state index contributed by atoms with van der Waals surface area (Å²) in [5, 5.41) is 47.3. The van der Waals surface area contributed by atoms with E-state index in [1.165, 1.54) is 0 Å². The van der Waals surface area contributed by atoms with E-state index in [2.05, 4.69) is 18.7 Å². The van der Waals surface area contributed by atoms with Gasteiger partial charge < -0.3 is 25.2 Å². The molecule has 4 N–H and O–H groups in total. The third-order valence-corrected chi connectivity index (χ3v) is 10.8. The molecule has 28 heavy (non-hydrogen) atoms. The fourth-order valence-corrected chi connectivity index (χ4v) is 10.0. The number of likely N-dealkylation sites (tertiary alicyclic amines) is 1. The molecular weight excluding hydrogens is 358 g/mol. The number of fused-ring (bicyclic) bond motifs is 2. The molecule has 5 saturated carbocycles. The fraction of sp³-hybridized carbons (Fsp3) is 1.00. The van der Waals surface area contributed by atoms with Gasteiger partial charge in [-0.05, 0) is 49.5 Å². The Balaban J connectivity index is 1.64. The maximum atomic E-state index is 12.3. The van der Waals surface area contributed by atoms with Crippen LogP contribution in [0.4, 0.5) is 0 Å². The van der Waals surface area contributed by atoms with Crippen molar-refractivity contribution in [2.75, 3.05) is 20.2 Å². The number of methoxy groups -OCH3 is 1. The average molecular weight is 394 g/mol. The fourth-order valence-electron chi connectivity index (χ4n) is 10.0. The van der Waals surface area contributed by atoms with Crippen LogP contribution < -0.4 is 0 Å². The first-order chi connectivity index (χ1) is 13.2. The molecule has 1 spiro atoms. The predicted octanol–water partition coefficient (Wildman–Crippen LogP) is 0.366. The Hall–Kier alpha value is -0.240. The molecule has 12 atom stereocenters. The van der Waals surface area contributed by atoms with Gasteiger partial charge >= 0.3 is 0 Å². The highest BCUT2D eigenvalue weighted by molar-refractivity contribution is 5.38. The number of hydrogen-bond acceptors (Lipinski definition) is 6. The molecule has 0 aromatic heterocycles. The van der Waals surface area contributed by atoms with Gasteiger partial charge in [-0.3, -0.25) is 4.90 Å². The second-order valence-corrected chi connectivity index (χ2v) is 11.3. The zero-order valence-corrected chi connectivity index (χ0v) is 17.2. The van der Waals surface area contributed by atoms with Crippen LogP contribution in [0.1, 0.15) is 46.0 Å². The van der Waals surface area contributed by atoms with Crippen LogP contribution >= 0.6 is 0 Å². The summed E-state index contributed by atoms with van der Waals surface area (Å²) in [5.41, 5.74) is -3.08. The number of nitrogens with zero attached hydrogens (tertiary/aromatic N) is 1. The van der Waals surface area contributed by atoms with Gasteiger partial charge in [-0.1, -0.05) is 13.8 Å². The summed E-state index contributed by atoms with van der Waals surface area (Å²) in [6.45, 7) is 6.18. The summed E-state index contributed by atoms with van der Waals surface area (Å²) in [7, 11) is 1.65. The van der Waals surface area contributed by atoms with Gasteiger partial charge in [-0.25, -0.2) is 0 Å². The Bertz CT molecular complexity index is 719. The van der Waals surface area contributed by atoms with Crippen molar-refractivity contribution in [3.8, 4) is 0 Å². The standard InChI is InChI=1S/C22H35NO5/c1-4-23-10-19(2)6-5-15(24)22-12-7-11-13(28-3)8-20(26,16(12)17(11)25)21(27,18(22)23)9-14(19)22/h11-18,24-27H,4-10H2,1-3H3. The Kier molecular flexibility index (Phi) is 3.40. The van der Waals surface area contributed by atoms with E-state index in [9.17, 15) is 20.4 Å². The molecule has 1 heterocycles. The van der Waals surface area contributed by atoms with Crippen molar-refractivity contribution in [3.63, 3.8) is 0 Å². The first kappa shape index (κ1) is 18.5. The monoisotopic (exact) mass is 393 g/mol. The van der Waals surface area contributed by atoms with E-state index in [-0.39, 0.29) is 41.2 Å². The van der Waals surface area contributed by atoms with E-state index in [1.807, 2.05) is 0 Å². The number of hydrogen-bond donors (Lipinski definition) is 4. The molecule has 0 amide bonds. The van der Waals surface area contributed by atoms with Crippen LogP contribution in [-0.4, -0.2) is 81.1 Å². The van der Waals surface area contributed by atoms with Crippen molar-refractivity contribution in [1.29, 1.82) is 0 Å². The zero-order valence-electron chi connectivity index (χ0n) is 17.2. The predicted molar refractivity (Wildman–Crippen MR) is 101 cm³/mol. The number of aliphatic hydroxyl groups is 4. The number of aliphatic hydroxyl groups excluding tert-OH is 2. The molecule has 7 bridgehead atoms. The van der Waals surface area contributed by atoms with Crippen LogP contribution in [0.25, 0.3) is 0 Å². The lowest BCUT2D eigenvalue weighted by Gasteiger charge is -2.69. The smallest absolute Gasteiger partial charge is 0.110 e. The Morgan fingerprint density at radius 2 is 1.89 bits per heavy atom. The molecule has 6 nitrogen and oxygen atoms in total. The first-order valence-electron chi connectivity index (χ1n) is 11.3. The number of rotatable bonds is 2. The maximum absolute atomic E-state index is 12.3. The summed E-state index contributed by atoms with van der Waals surface area (Å²) in [6.07, 6.45) is 2.00. The van der Waals surface area contributed by atoms with Crippen molar-refractivity contribution in [3.05, 3.63) is 0 Å². The van der Waals surface area contributed by atoms with Crippen LogP contribution in [0.2, 0.25) is 0 Å². The lowest BCUT2D eigenvalue weighted by Crippen LogP contribution is -2.81. The molecule has 6 aliphatic rings. The summed E-state index contributed by atoms with van der Waals surface area (Å²) in [4.78, 5) is 2.36. The summed E-state index contributed by atoms with van der Waals surface area (Å²) in [5.74, 6) is -0.176. The highest BCUT2D eigenvalue weighted by Crippen LogP contribution is 2.79. The van der Waals surface area contributed by atoms with Crippen LogP contribution in [0.15, 0.2) is 0 Å². The van der Waals surface area contributed by atoms with Crippen molar-refractivity contribution in [1.82, 2.24) is 4.90 Å². The highest BCUT2D eigenvalue weighted by atomic mass is 16.5. The van der Waals surface area contributed by atoms with Gasteiger partial charge in [0.25, 0.3) is 0 Å². The molecule has 6 heteroatoms. The van der Waals surface area contributed by atoms with Gasteiger partial charge in [0.1, 0.15) is 11.2 Å². The largest absolute Gasteiger partial charge is 0.392 e. The Morgan fingerprint density at radius 3 is 2.57 bits per heavy atom. The van der Waals surface area contributed by atoms with Crippen molar-refractivity contribution in [2.45, 2.75) is 81.5 Å². The zero-order chi connectivity index (χ0) is 19.9. The van der Waals surface area contributed by atoms with Gasteiger partial charge in [-0.2, -0.15) is 0 Å². The third kappa shape index (κ3) is 1.59. The second kappa shape index (κ2) is 5.14. The molecule has 6 fully saturated rings. The molecule has 1 saturated heterocycles. The molecule has 0 aromatic rings. The van der Waals surface area contributed by atoms with Gasteiger partial charge in [-0.15, -0.1) is 0 Å². The Morgan fingerprint density at radius 1 is 1.14 bits per heavy atom. The molecule has 12 unspecified atom stereocenters. The Labute approximate surface area is 166 Å². The van der Waals surface area contributed by atoms with Gasteiger partial charge in [0.05, 0.1) is 18.3 Å². The topological polar surface area (TPSA) is 93.4 Å². The van der Waals surface area contributed by atoms with E-state index >= 15 is 0 Å². The molecule has 6 rings (SSSR count). The van der Waals surface area contributed by atoms with Gasteiger partial charge in [0, 0.05) is 43.4 Å². The average Bonchev–Trinajstić information content (AvgIpc) is 3.05. The summed E-state index contributed by atoms with van der Waals surface area (Å²) in [6, 6.07) is -0.244. The van der Waals surface area contributed by atoms with Crippen molar-refractivity contribution in [2.24, 2.45) is 34.5 Å². The lowest BCUT2D eigenvalue weighted by molar-refractivity contribution is -0.310. The number of piperidine rings is 1. The van der Waals surface area contributed by atoms with E-state index in [0.717, 1.165) is 32.4 Å². The van der Waals surface area contributed by atoms with Crippen LogP contribution in [-0.2, 0) is 4.74 Å². The molecule has 158 valence electrons. The van der Waals surface area contributed by atoms with Gasteiger partial charge in [0.15, 0.2) is 0 Å². The minimum atomic E-state index is -1.36. The van der Waals surface area contributed by atoms with E-state index in [0.29, 0.717) is 12.8 Å². The lowest BCUT2D eigenvalue weighted by atomic mass is 9.43. The van der Waals surface area contributed by atoms with Crippen LogP contribution in [0, 0.1) is 34.5 Å². The van der Waals surface area contributed by atoms with Crippen LogP contribution in [0.3, 0.4) is 0 Å². The maximum Gasteiger partial charge on any atom is 0.110 e. The van der Waals surface area contributed by atoms with Gasteiger partial charge in [0.2, 0.25) is 0 Å². The normalized spacial score (nSPS) is 67.0. The highest BCUT2D eigenvalue weighted by Gasteiger charge is 2.87. The molecule has 0 aromatic carbocycles. The van der Waals surface area contributed by atoms with Crippen molar-refractivity contribution >= 4 is 0 Å². The van der Waals surface area contributed by atoms with E-state index in [1.54, 1.807) is 7.11 Å². The molecular formula is C22H35NO5. The molecule has 1 aliphatic heterocycles. The quantitative estimate of drug-likeness (QED) is 0.542. The van der Waals surface area contributed by atoms with Crippen LogP contribution in [0.5, 0.6) is 0 Å². The molecule has 0 radical (unpaired) electrons. The molecule has 5 aliphatic carbocycles. The number of ether oxygens (including phenoxy) is 1. The minimum absolute atomic E-state index is 0.0196. The summed E-state index contributed by atoms with van der Waals surface area (Å²) < 4.78 is 5.72. The summed E-state index contributed by atoms with van der Waals surface area (Å²) >= 11 is 0. The van der Waals surface area contributed by atoms with E-state index in [4.69, 9.17) is 4.74 Å². The SMILES string of the molecule is CCN1CC2(C)CCC(O)C34C5CC6C(OC)CC(O)(C5C6O)C(O)(CC23)C14. The van der Waals surface area contributed by atoms with Crippen molar-refractivity contribution < 1.29 is 25.2 Å². The first-order valence-corrected chi connectivity index (χ1v) is 11.3. The second-order valence-electron chi connectivity index (χ2n) is 11.3. The van der Waals surface area contributed by atoms with E-state index < -0.39 is 28.8 Å².